The van der Waals surface area contributed by atoms with E-state index in [0.717, 1.165) is 25.9 Å². The third-order valence-corrected chi connectivity index (χ3v) is 3.80. The fourth-order valence-corrected chi connectivity index (χ4v) is 2.79. The van der Waals surface area contributed by atoms with Gasteiger partial charge in [-0.3, -0.25) is 4.79 Å². The van der Waals surface area contributed by atoms with Crippen LogP contribution in [0.25, 0.3) is 0 Å². The fourth-order valence-electron chi connectivity index (χ4n) is 2.79. The van der Waals surface area contributed by atoms with E-state index in [2.05, 4.69) is 0 Å². The third-order valence-electron chi connectivity index (χ3n) is 3.80. The van der Waals surface area contributed by atoms with Gasteiger partial charge in [0.2, 0.25) is 5.75 Å². The van der Waals surface area contributed by atoms with E-state index in [4.69, 9.17) is 14.2 Å². The number of piperidine rings is 1. The van der Waals surface area contributed by atoms with Gasteiger partial charge < -0.3 is 19.1 Å². The van der Waals surface area contributed by atoms with Crippen LogP contribution in [0.2, 0.25) is 0 Å². The summed E-state index contributed by atoms with van der Waals surface area (Å²) in [5, 5.41) is 0. The molecule has 5 nitrogen and oxygen atoms in total. The minimum absolute atomic E-state index is 0.0367. The highest BCUT2D eigenvalue weighted by molar-refractivity contribution is 5.95. The zero-order chi connectivity index (χ0) is 16.7. The van der Waals surface area contributed by atoms with Crippen molar-refractivity contribution in [2.24, 2.45) is 0 Å². The van der Waals surface area contributed by atoms with E-state index in [0.29, 0.717) is 42.6 Å². The van der Waals surface area contributed by atoms with Crippen LogP contribution in [0.3, 0.4) is 0 Å². The summed E-state index contributed by atoms with van der Waals surface area (Å²) in [6.07, 6.45) is 3.33. The van der Waals surface area contributed by atoms with E-state index < -0.39 is 0 Å². The highest BCUT2D eigenvalue weighted by Gasteiger charge is 2.22. The lowest BCUT2D eigenvalue weighted by Crippen LogP contribution is -2.35. The number of hydrogen-bond acceptors (Lipinski definition) is 4. The Labute approximate surface area is 138 Å². The van der Waals surface area contributed by atoms with Gasteiger partial charge in [-0.15, -0.1) is 0 Å². The molecule has 0 unspecified atom stereocenters. The number of likely N-dealkylation sites (tertiary alicyclic amines) is 1. The molecule has 128 valence electrons. The molecule has 1 fully saturated rings. The minimum atomic E-state index is 0.0367. The van der Waals surface area contributed by atoms with Crippen molar-refractivity contribution in [2.45, 2.75) is 40.0 Å². The molecule has 1 heterocycles. The van der Waals surface area contributed by atoms with Crippen LogP contribution in [0.5, 0.6) is 17.2 Å². The van der Waals surface area contributed by atoms with Crippen molar-refractivity contribution in [3.8, 4) is 17.2 Å². The van der Waals surface area contributed by atoms with Gasteiger partial charge in [-0.05, 0) is 52.2 Å². The van der Waals surface area contributed by atoms with Crippen LogP contribution in [0.15, 0.2) is 12.1 Å². The Balaban J connectivity index is 2.36. The Kier molecular flexibility index (Phi) is 6.56. The molecule has 0 spiro atoms. The number of rotatable bonds is 7. The maximum atomic E-state index is 12.8. The Morgan fingerprint density at radius 1 is 0.913 bits per heavy atom. The van der Waals surface area contributed by atoms with Crippen LogP contribution >= 0.6 is 0 Å². The molecule has 23 heavy (non-hydrogen) atoms. The summed E-state index contributed by atoms with van der Waals surface area (Å²) in [4.78, 5) is 14.7. The molecule has 0 aliphatic carbocycles. The molecular weight excluding hydrogens is 294 g/mol. The molecule has 0 N–H and O–H groups in total. The molecule has 1 amide bonds. The number of nitrogens with zero attached hydrogens (tertiary/aromatic N) is 1. The maximum absolute atomic E-state index is 12.8. The second-order valence-electron chi connectivity index (χ2n) is 5.45. The fraction of sp³-hybridized carbons (Fsp3) is 0.611. The first-order valence-corrected chi connectivity index (χ1v) is 8.56. The van der Waals surface area contributed by atoms with E-state index in [1.165, 1.54) is 6.42 Å². The minimum Gasteiger partial charge on any atom is -0.490 e. The normalized spacial score (nSPS) is 14.5. The summed E-state index contributed by atoms with van der Waals surface area (Å²) in [5.74, 6) is 1.75. The molecule has 1 aliphatic rings. The molecule has 1 saturated heterocycles. The average Bonchev–Trinajstić information content (AvgIpc) is 2.58. The molecular formula is C18H27NO4. The third kappa shape index (κ3) is 4.30. The van der Waals surface area contributed by atoms with Gasteiger partial charge in [0.15, 0.2) is 11.5 Å². The molecule has 5 heteroatoms. The first-order chi connectivity index (χ1) is 11.2. The first-order valence-electron chi connectivity index (χ1n) is 8.56. The lowest BCUT2D eigenvalue weighted by Gasteiger charge is -2.27. The standard InChI is InChI=1S/C18H27NO4/c1-4-21-15-12-14(18(20)19-10-8-7-9-11-19)13-16(22-5-2)17(15)23-6-3/h12-13H,4-11H2,1-3H3. The van der Waals surface area contributed by atoms with E-state index in [-0.39, 0.29) is 5.91 Å². The Hall–Kier alpha value is -1.91. The summed E-state index contributed by atoms with van der Waals surface area (Å²) in [6.45, 7) is 8.90. The van der Waals surface area contributed by atoms with Crippen LogP contribution in [0.4, 0.5) is 0 Å². The molecule has 1 aromatic rings. The number of ether oxygens (including phenoxy) is 3. The van der Waals surface area contributed by atoms with Crippen LogP contribution in [-0.4, -0.2) is 43.7 Å². The van der Waals surface area contributed by atoms with Crippen LogP contribution < -0.4 is 14.2 Å². The monoisotopic (exact) mass is 321 g/mol. The number of amides is 1. The van der Waals surface area contributed by atoms with Crippen molar-refractivity contribution >= 4 is 5.91 Å². The van der Waals surface area contributed by atoms with Gasteiger partial charge >= 0.3 is 0 Å². The van der Waals surface area contributed by atoms with E-state index >= 15 is 0 Å². The molecule has 0 saturated carbocycles. The van der Waals surface area contributed by atoms with Gasteiger partial charge in [-0.1, -0.05) is 0 Å². The smallest absolute Gasteiger partial charge is 0.254 e. The molecule has 0 atom stereocenters. The molecule has 2 rings (SSSR count). The van der Waals surface area contributed by atoms with Crippen LogP contribution in [0.1, 0.15) is 50.4 Å². The number of carbonyl (C=O) groups excluding carboxylic acids is 1. The largest absolute Gasteiger partial charge is 0.490 e. The average molecular weight is 321 g/mol. The molecule has 0 aromatic heterocycles. The molecule has 0 radical (unpaired) electrons. The van der Waals surface area contributed by atoms with Gasteiger partial charge in [0.05, 0.1) is 19.8 Å². The van der Waals surface area contributed by atoms with Gasteiger partial charge in [0.1, 0.15) is 0 Å². The van der Waals surface area contributed by atoms with Crippen molar-refractivity contribution < 1.29 is 19.0 Å². The Bertz CT molecular complexity index is 497. The van der Waals surface area contributed by atoms with Crippen molar-refractivity contribution in [2.75, 3.05) is 32.9 Å². The zero-order valence-electron chi connectivity index (χ0n) is 14.4. The summed E-state index contributed by atoms with van der Waals surface area (Å²) in [6, 6.07) is 3.54. The van der Waals surface area contributed by atoms with E-state index in [9.17, 15) is 4.79 Å². The van der Waals surface area contributed by atoms with Crippen LogP contribution in [0, 0.1) is 0 Å². The lowest BCUT2D eigenvalue weighted by molar-refractivity contribution is 0.0723. The Morgan fingerprint density at radius 2 is 1.43 bits per heavy atom. The summed E-state index contributed by atoms with van der Waals surface area (Å²) in [7, 11) is 0. The summed E-state index contributed by atoms with van der Waals surface area (Å²) >= 11 is 0. The topological polar surface area (TPSA) is 48.0 Å². The van der Waals surface area contributed by atoms with Gasteiger partial charge in [-0.25, -0.2) is 0 Å². The van der Waals surface area contributed by atoms with Crippen LogP contribution in [-0.2, 0) is 0 Å². The van der Waals surface area contributed by atoms with Gasteiger partial charge in [0, 0.05) is 18.7 Å². The molecule has 1 aromatic carbocycles. The summed E-state index contributed by atoms with van der Waals surface area (Å²) < 4.78 is 17.0. The maximum Gasteiger partial charge on any atom is 0.254 e. The second kappa shape index (κ2) is 8.65. The van der Waals surface area contributed by atoms with E-state index in [1.54, 1.807) is 12.1 Å². The second-order valence-corrected chi connectivity index (χ2v) is 5.45. The zero-order valence-corrected chi connectivity index (χ0v) is 14.4. The summed E-state index contributed by atoms with van der Waals surface area (Å²) in [5.41, 5.74) is 0.599. The predicted octanol–water partition coefficient (Wildman–Crippen LogP) is 3.51. The quantitative estimate of drug-likeness (QED) is 0.771. The van der Waals surface area contributed by atoms with Gasteiger partial charge in [0.25, 0.3) is 5.91 Å². The lowest BCUT2D eigenvalue weighted by atomic mass is 10.1. The molecule has 1 aliphatic heterocycles. The number of carbonyl (C=O) groups is 1. The van der Waals surface area contributed by atoms with Crippen molar-refractivity contribution in [1.82, 2.24) is 4.90 Å². The van der Waals surface area contributed by atoms with Gasteiger partial charge in [-0.2, -0.15) is 0 Å². The number of benzene rings is 1. The highest BCUT2D eigenvalue weighted by atomic mass is 16.5. The number of hydrogen-bond donors (Lipinski definition) is 0. The van der Waals surface area contributed by atoms with Crippen molar-refractivity contribution in [1.29, 1.82) is 0 Å². The molecule has 0 bridgehead atoms. The first kappa shape index (κ1) is 17.4. The highest BCUT2D eigenvalue weighted by Crippen LogP contribution is 2.39. The van der Waals surface area contributed by atoms with Crippen molar-refractivity contribution in [3.05, 3.63) is 17.7 Å². The van der Waals surface area contributed by atoms with E-state index in [1.807, 2.05) is 25.7 Å². The predicted molar refractivity (Wildman–Crippen MR) is 89.7 cm³/mol. The van der Waals surface area contributed by atoms with Crippen molar-refractivity contribution in [3.63, 3.8) is 0 Å². The Morgan fingerprint density at radius 3 is 1.91 bits per heavy atom. The SMILES string of the molecule is CCOc1cc(C(=O)N2CCCCC2)cc(OCC)c1OCC.